The van der Waals surface area contributed by atoms with Gasteiger partial charge in [0.1, 0.15) is 24.1 Å². The Morgan fingerprint density at radius 2 is 1.57 bits per heavy atom. The van der Waals surface area contributed by atoms with Gasteiger partial charge in [0.25, 0.3) is 0 Å². The first-order valence-corrected chi connectivity index (χ1v) is 6.73. The molecular formula is C13H16Cl2O6. The summed E-state index contributed by atoms with van der Waals surface area (Å²) in [5.41, 5.74) is -1.41. The van der Waals surface area contributed by atoms with E-state index in [1.165, 1.54) is 0 Å². The maximum Gasteiger partial charge on any atom is 0.225 e. The van der Waals surface area contributed by atoms with Crippen LogP contribution in [0.25, 0.3) is 6.08 Å². The van der Waals surface area contributed by atoms with Crippen molar-refractivity contribution in [3.63, 3.8) is 0 Å². The predicted molar refractivity (Wildman–Crippen MR) is 77.7 cm³/mol. The van der Waals surface area contributed by atoms with E-state index in [1.54, 1.807) is 30.3 Å². The van der Waals surface area contributed by atoms with Crippen LogP contribution in [-0.4, -0.2) is 59.6 Å². The van der Waals surface area contributed by atoms with Crippen molar-refractivity contribution >= 4 is 29.3 Å². The fraction of sp³-hybridized carbons (Fsp3) is 0.385. The van der Waals surface area contributed by atoms with Gasteiger partial charge in [0.15, 0.2) is 5.56 Å². The van der Waals surface area contributed by atoms with Crippen molar-refractivity contribution in [1.29, 1.82) is 0 Å². The number of hydrogen-bond acceptors (Lipinski definition) is 6. The second-order valence-corrected chi connectivity index (χ2v) is 5.44. The molecule has 0 fully saturated rings. The summed E-state index contributed by atoms with van der Waals surface area (Å²) in [6.45, 7) is 0. The summed E-state index contributed by atoms with van der Waals surface area (Å²) in [7, 11) is 0. The summed E-state index contributed by atoms with van der Waals surface area (Å²) in [6.07, 6.45) is -5.20. The van der Waals surface area contributed by atoms with E-state index in [-0.39, 0.29) is 0 Å². The maximum absolute atomic E-state index is 9.92. The van der Waals surface area contributed by atoms with Crippen molar-refractivity contribution in [3.05, 3.63) is 41.7 Å². The van der Waals surface area contributed by atoms with Crippen LogP contribution in [0.4, 0.5) is 0 Å². The van der Waals surface area contributed by atoms with Gasteiger partial charge in [-0.15, -0.1) is 0 Å². The molecule has 5 atom stereocenters. The summed E-state index contributed by atoms with van der Waals surface area (Å²) in [6, 6.07) is 8.28. The van der Waals surface area contributed by atoms with E-state index in [0.717, 1.165) is 6.08 Å². The molecule has 0 aliphatic rings. The van der Waals surface area contributed by atoms with Gasteiger partial charge in [0.2, 0.25) is 5.06 Å². The fourth-order valence-corrected chi connectivity index (χ4v) is 1.87. The van der Waals surface area contributed by atoms with Crippen LogP contribution in [0.5, 0.6) is 0 Å². The van der Waals surface area contributed by atoms with Gasteiger partial charge in [0.05, 0.1) is 0 Å². The molecule has 21 heavy (non-hydrogen) atoms. The Balaban J connectivity index is 2.95. The van der Waals surface area contributed by atoms with Crippen molar-refractivity contribution in [3.8, 4) is 0 Å². The van der Waals surface area contributed by atoms with E-state index in [0.29, 0.717) is 5.56 Å². The monoisotopic (exact) mass is 338 g/mol. The molecule has 0 saturated heterocycles. The van der Waals surface area contributed by atoms with Crippen molar-refractivity contribution in [2.24, 2.45) is 0 Å². The summed E-state index contributed by atoms with van der Waals surface area (Å²) in [4.78, 5) is 0. The molecular weight excluding hydrogens is 323 g/mol. The Kier molecular flexibility index (Phi) is 6.42. The normalized spacial score (nSPS) is 21.2. The van der Waals surface area contributed by atoms with E-state index in [9.17, 15) is 25.5 Å². The van der Waals surface area contributed by atoms with Crippen LogP contribution in [0.1, 0.15) is 5.56 Å². The summed E-state index contributed by atoms with van der Waals surface area (Å²) >= 11 is 10.8. The molecule has 6 N–H and O–H groups in total. The number of aliphatic hydroxyl groups is 6. The lowest BCUT2D eigenvalue weighted by atomic mass is 10.00. The second kappa shape index (κ2) is 7.42. The molecule has 0 bridgehead atoms. The van der Waals surface area contributed by atoms with Crippen molar-refractivity contribution in [2.75, 3.05) is 0 Å². The highest BCUT2D eigenvalue weighted by atomic mass is 35.5. The van der Waals surface area contributed by atoms with E-state index >= 15 is 0 Å². The molecule has 1 rings (SSSR count). The lowest BCUT2D eigenvalue weighted by Crippen LogP contribution is -2.53. The standard InChI is InChI=1S/C13H16Cl2O6/c14-12(20)10(18)9(17)11(19)13(15,21)8(16)6-7-4-2-1-3-5-7/h1-6,9-12,16-21H/t9-,10+,11+,12?,13+/m1/s1. The zero-order chi connectivity index (χ0) is 16.2. The predicted octanol–water partition coefficient (Wildman–Crippen LogP) is 0.153. The average Bonchev–Trinajstić information content (AvgIpc) is 2.45. The summed E-state index contributed by atoms with van der Waals surface area (Å²) in [5, 5.41) is 54.5. The van der Waals surface area contributed by atoms with Gasteiger partial charge in [-0.2, -0.15) is 0 Å². The Bertz CT molecular complexity index is 477. The molecule has 0 spiro atoms. The maximum atomic E-state index is 9.92. The van der Waals surface area contributed by atoms with Crippen molar-refractivity contribution in [2.45, 2.75) is 28.9 Å². The number of benzene rings is 1. The lowest BCUT2D eigenvalue weighted by Gasteiger charge is -2.32. The Labute approximate surface area is 131 Å². The molecule has 0 aliphatic carbocycles. The third-order valence-electron chi connectivity index (χ3n) is 2.81. The molecule has 0 aromatic heterocycles. The first kappa shape index (κ1) is 18.2. The Morgan fingerprint density at radius 3 is 2.05 bits per heavy atom. The number of aliphatic hydroxyl groups excluding tert-OH is 5. The highest BCUT2D eigenvalue weighted by molar-refractivity contribution is 6.25. The zero-order valence-electron chi connectivity index (χ0n) is 10.7. The number of hydrogen-bond donors (Lipinski definition) is 6. The van der Waals surface area contributed by atoms with Crippen molar-refractivity contribution < 1.29 is 30.6 Å². The third-order valence-corrected chi connectivity index (χ3v) is 3.48. The van der Waals surface area contributed by atoms with Crippen LogP contribution < -0.4 is 0 Å². The number of halogens is 2. The molecule has 1 aromatic rings. The second-order valence-electron chi connectivity index (χ2n) is 4.41. The van der Waals surface area contributed by atoms with Gasteiger partial charge in [-0.1, -0.05) is 53.5 Å². The Morgan fingerprint density at radius 1 is 1.05 bits per heavy atom. The molecule has 1 aromatic carbocycles. The first-order valence-electron chi connectivity index (χ1n) is 5.91. The van der Waals surface area contributed by atoms with Crippen molar-refractivity contribution in [1.82, 2.24) is 0 Å². The molecule has 0 heterocycles. The lowest BCUT2D eigenvalue weighted by molar-refractivity contribution is -0.130. The first-order chi connectivity index (χ1) is 9.67. The van der Waals surface area contributed by atoms with Crippen LogP contribution in [0.2, 0.25) is 0 Å². The van der Waals surface area contributed by atoms with E-state index in [4.69, 9.17) is 28.3 Å². The van der Waals surface area contributed by atoms with Crippen LogP contribution in [0.3, 0.4) is 0 Å². The zero-order valence-corrected chi connectivity index (χ0v) is 12.2. The quantitative estimate of drug-likeness (QED) is 0.324. The van der Waals surface area contributed by atoms with E-state index < -0.39 is 34.7 Å². The van der Waals surface area contributed by atoms with Gasteiger partial charge in [-0.3, -0.25) is 0 Å². The molecule has 0 aliphatic heterocycles. The number of alkyl halides is 2. The smallest absolute Gasteiger partial charge is 0.225 e. The van der Waals surface area contributed by atoms with Gasteiger partial charge in [-0.05, 0) is 11.6 Å². The molecule has 6 nitrogen and oxygen atoms in total. The largest absolute Gasteiger partial charge is 0.508 e. The minimum atomic E-state index is -2.78. The molecule has 0 radical (unpaired) electrons. The molecule has 8 heteroatoms. The highest BCUT2D eigenvalue weighted by Crippen LogP contribution is 2.29. The van der Waals surface area contributed by atoms with Crippen LogP contribution >= 0.6 is 23.2 Å². The average molecular weight is 339 g/mol. The minimum Gasteiger partial charge on any atom is -0.508 e. The SMILES string of the molecule is OC(=Cc1ccccc1)[C@@](O)(Cl)[C@@H](O)[C@H](O)[C@H](O)C(O)Cl. The van der Waals surface area contributed by atoms with Crippen LogP contribution in [0.15, 0.2) is 36.1 Å². The van der Waals surface area contributed by atoms with Gasteiger partial charge in [-0.25, -0.2) is 0 Å². The molecule has 118 valence electrons. The number of rotatable bonds is 6. The summed E-state index contributed by atoms with van der Waals surface area (Å²) < 4.78 is 0. The topological polar surface area (TPSA) is 121 Å². The molecule has 0 amide bonds. The Hall–Kier alpha value is -0.860. The van der Waals surface area contributed by atoms with E-state index in [1.807, 2.05) is 0 Å². The minimum absolute atomic E-state index is 0.480. The summed E-state index contributed by atoms with van der Waals surface area (Å²) in [5.74, 6) is -0.849. The van der Waals surface area contributed by atoms with Crippen LogP contribution in [0, 0.1) is 0 Å². The molecule has 1 unspecified atom stereocenters. The van der Waals surface area contributed by atoms with Gasteiger partial charge < -0.3 is 30.6 Å². The van der Waals surface area contributed by atoms with Crippen LogP contribution in [-0.2, 0) is 0 Å². The molecule has 0 saturated carbocycles. The van der Waals surface area contributed by atoms with E-state index in [2.05, 4.69) is 0 Å². The third kappa shape index (κ3) is 4.55. The highest BCUT2D eigenvalue weighted by Gasteiger charge is 2.45. The fourth-order valence-electron chi connectivity index (χ4n) is 1.54. The van der Waals surface area contributed by atoms with Gasteiger partial charge >= 0.3 is 0 Å². The van der Waals surface area contributed by atoms with Gasteiger partial charge in [0, 0.05) is 0 Å².